The van der Waals surface area contributed by atoms with Crippen LogP contribution < -0.4 is 5.32 Å². The van der Waals surface area contributed by atoms with Crippen molar-refractivity contribution >= 4 is 5.97 Å². The zero-order valence-electron chi connectivity index (χ0n) is 11.6. The molecule has 2 unspecified atom stereocenters. The molecule has 0 bridgehead atoms. The number of hydrogen-bond donors (Lipinski definition) is 2. The summed E-state index contributed by atoms with van der Waals surface area (Å²) >= 11 is 0. The number of halogens is 3. The maximum Gasteiger partial charge on any atom is 0.411 e. The summed E-state index contributed by atoms with van der Waals surface area (Å²) in [5, 5.41) is 12.5. The van der Waals surface area contributed by atoms with Crippen LogP contribution in [-0.2, 0) is 9.53 Å². The van der Waals surface area contributed by atoms with Crippen molar-refractivity contribution in [1.82, 2.24) is 5.32 Å². The molecule has 0 saturated heterocycles. The van der Waals surface area contributed by atoms with E-state index in [1.807, 2.05) is 6.92 Å². The van der Waals surface area contributed by atoms with Crippen LogP contribution in [0.1, 0.15) is 39.0 Å². The van der Waals surface area contributed by atoms with Gasteiger partial charge in [0.15, 0.2) is 0 Å². The molecule has 1 aliphatic rings. The normalized spacial score (nSPS) is 26.9. The van der Waals surface area contributed by atoms with E-state index in [0.29, 0.717) is 25.8 Å². The monoisotopic (exact) mass is 297 g/mol. The molecular weight excluding hydrogens is 275 g/mol. The Kier molecular flexibility index (Phi) is 6.26. The highest BCUT2D eigenvalue weighted by molar-refractivity contribution is 5.79. The number of ether oxygens (including phenoxy) is 1. The number of carboxylic acid groups (broad SMARTS) is 1. The molecular formula is C13H22F3NO3. The van der Waals surface area contributed by atoms with Crippen molar-refractivity contribution in [3.05, 3.63) is 0 Å². The first-order valence-electron chi connectivity index (χ1n) is 6.94. The lowest BCUT2D eigenvalue weighted by Gasteiger charge is -2.32. The molecule has 2 atom stereocenters. The zero-order chi connectivity index (χ0) is 15.2. The fraction of sp³-hybridized carbons (Fsp3) is 0.923. The second-order valence-corrected chi connectivity index (χ2v) is 5.25. The number of nitrogens with one attached hydrogen (secondary N) is 1. The van der Waals surface area contributed by atoms with Gasteiger partial charge in [-0.15, -0.1) is 0 Å². The third-order valence-corrected chi connectivity index (χ3v) is 3.77. The van der Waals surface area contributed by atoms with Crippen LogP contribution >= 0.6 is 0 Å². The van der Waals surface area contributed by atoms with Crippen molar-refractivity contribution in [1.29, 1.82) is 0 Å². The van der Waals surface area contributed by atoms with Gasteiger partial charge < -0.3 is 15.2 Å². The molecule has 0 aromatic carbocycles. The van der Waals surface area contributed by atoms with Crippen molar-refractivity contribution in [2.24, 2.45) is 5.92 Å². The van der Waals surface area contributed by atoms with Crippen LogP contribution in [0.3, 0.4) is 0 Å². The highest BCUT2D eigenvalue weighted by atomic mass is 19.4. The summed E-state index contributed by atoms with van der Waals surface area (Å²) in [6, 6.07) is 0. The average molecular weight is 297 g/mol. The molecule has 0 aliphatic heterocycles. The highest BCUT2D eigenvalue weighted by Gasteiger charge is 2.48. The van der Waals surface area contributed by atoms with Crippen LogP contribution in [-0.4, -0.2) is 42.5 Å². The van der Waals surface area contributed by atoms with Gasteiger partial charge in [0.1, 0.15) is 12.1 Å². The van der Waals surface area contributed by atoms with Gasteiger partial charge in [-0.25, -0.2) is 0 Å². The standard InChI is InChI=1S/C13H22F3NO3/c1-2-7-17-12(11(18)19)6-3-4-10(12)5-8-20-9-13(14,15)16/h10,17H,2-9H2,1H3,(H,18,19). The van der Waals surface area contributed by atoms with Crippen LogP contribution in [0.2, 0.25) is 0 Å². The van der Waals surface area contributed by atoms with E-state index in [4.69, 9.17) is 0 Å². The van der Waals surface area contributed by atoms with Crippen LogP contribution in [0, 0.1) is 5.92 Å². The first-order chi connectivity index (χ1) is 9.32. The van der Waals surface area contributed by atoms with Crippen LogP contribution in [0.4, 0.5) is 13.2 Å². The van der Waals surface area contributed by atoms with E-state index in [2.05, 4.69) is 10.1 Å². The van der Waals surface area contributed by atoms with Crippen LogP contribution in [0.5, 0.6) is 0 Å². The van der Waals surface area contributed by atoms with Crippen molar-refractivity contribution in [3.8, 4) is 0 Å². The summed E-state index contributed by atoms with van der Waals surface area (Å²) in [6.45, 7) is 1.19. The quantitative estimate of drug-likeness (QED) is 0.676. The maximum atomic E-state index is 12.0. The van der Waals surface area contributed by atoms with Gasteiger partial charge in [0.2, 0.25) is 0 Å². The Labute approximate surface area is 116 Å². The number of alkyl halides is 3. The molecule has 118 valence electrons. The maximum absolute atomic E-state index is 12.0. The van der Waals surface area contributed by atoms with Gasteiger partial charge in [0.25, 0.3) is 0 Å². The van der Waals surface area contributed by atoms with E-state index in [1.54, 1.807) is 0 Å². The Bertz CT molecular complexity index is 322. The summed E-state index contributed by atoms with van der Waals surface area (Å²) in [5.74, 6) is -1.09. The number of aliphatic carboxylic acids is 1. The molecule has 20 heavy (non-hydrogen) atoms. The third kappa shape index (κ3) is 4.63. The first kappa shape index (κ1) is 17.2. The molecule has 1 rings (SSSR count). The zero-order valence-corrected chi connectivity index (χ0v) is 11.6. The van der Waals surface area contributed by atoms with Gasteiger partial charge in [-0.2, -0.15) is 13.2 Å². The lowest BCUT2D eigenvalue weighted by Crippen LogP contribution is -2.55. The molecule has 0 heterocycles. The van der Waals surface area contributed by atoms with E-state index in [1.165, 1.54) is 0 Å². The lowest BCUT2D eigenvalue weighted by molar-refractivity contribution is -0.175. The van der Waals surface area contributed by atoms with Crippen LogP contribution in [0.25, 0.3) is 0 Å². The van der Waals surface area contributed by atoms with E-state index in [0.717, 1.165) is 12.8 Å². The minimum Gasteiger partial charge on any atom is -0.480 e. The van der Waals surface area contributed by atoms with Crippen molar-refractivity contribution in [2.75, 3.05) is 19.8 Å². The fourth-order valence-corrected chi connectivity index (χ4v) is 2.82. The molecule has 2 N–H and O–H groups in total. The number of carbonyl (C=O) groups is 1. The van der Waals surface area contributed by atoms with Crippen molar-refractivity contribution in [3.63, 3.8) is 0 Å². The molecule has 1 fully saturated rings. The molecule has 7 heteroatoms. The molecule has 0 radical (unpaired) electrons. The number of carboxylic acids is 1. The second kappa shape index (κ2) is 7.26. The Balaban J connectivity index is 2.51. The largest absolute Gasteiger partial charge is 0.480 e. The molecule has 0 aromatic heterocycles. The van der Waals surface area contributed by atoms with Gasteiger partial charge in [-0.3, -0.25) is 4.79 Å². The topological polar surface area (TPSA) is 58.6 Å². The summed E-state index contributed by atoms with van der Waals surface area (Å²) in [4.78, 5) is 11.5. The van der Waals surface area contributed by atoms with Gasteiger partial charge >= 0.3 is 12.1 Å². The minimum atomic E-state index is -4.33. The van der Waals surface area contributed by atoms with Crippen molar-refractivity contribution in [2.45, 2.75) is 50.7 Å². The second-order valence-electron chi connectivity index (χ2n) is 5.25. The van der Waals surface area contributed by atoms with E-state index < -0.39 is 24.3 Å². The highest BCUT2D eigenvalue weighted by Crippen LogP contribution is 2.38. The molecule has 1 saturated carbocycles. The third-order valence-electron chi connectivity index (χ3n) is 3.77. The molecule has 0 spiro atoms. The molecule has 4 nitrogen and oxygen atoms in total. The van der Waals surface area contributed by atoms with Gasteiger partial charge in [0, 0.05) is 6.61 Å². The molecule has 0 aromatic rings. The van der Waals surface area contributed by atoms with E-state index in [-0.39, 0.29) is 12.5 Å². The van der Waals surface area contributed by atoms with E-state index >= 15 is 0 Å². The van der Waals surface area contributed by atoms with Crippen molar-refractivity contribution < 1.29 is 27.8 Å². The summed E-state index contributed by atoms with van der Waals surface area (Å²) in [7, 11) is 0. The average Bonchev–Trinajstić information content (AvgIpc) is 2.75. The number of hydrogen-bond acceptors (Lipinski definition) is 3. The minimum absolute atomic E-state index is 0.0625. The SMILES string of the molecule is CCCNC1(C(=O)O)CCCC1CCOCC(F)(F)F. The summed E-state index contributed by atoms with van der Waals surface area (Å²) in [6.07, 6.45) is -1.19. The predicted octanol–water partition coefficient (Wildman–Crippen LogP) is 2.58. The Hall–Kier alpha value is -0.820. The van der Waals surface area contributed by atoms with Gasteiger partial charge in [-0.05, 0) is 38.1 Å². The molecule has 0 amide bonds. The smallest absolute Gasteiger partial charge is 0.411 e. The van der Waals surface area contributed by atoms with Gasteiger partial charge in [-0.1, -0.05) is 13.3 Å². The molecule has 1 aliphatic carbocycles. The van der Waals surface area contributed by atoms with Crippen LogP contribution in [0.15, 0.2) is 0 Å². The Morgan fingerprint density at radius 2 is 2.20 bits per heavy atom. The first-order valence-corrected chi connectivity index (χ1v) is 6.94. The fourth-order valence-electron chi connectivity index (χ4n) is 2.82. The predicted molar refractivity (Wildman–Crippen MR) is 67.5 cm³/mol. The Morgan fingerprint density at radius 1 is 1.50 bits per heavy atom. The lowest BCUT2D eigenvalue weighted by atomic mass is 9.84. The summed E-state index contributed by atoms with van der Waals surface area (Å²) < 4.78 is 40.5. The summed E-state index contributed by atoms with van der Waals surface area (Å²) in [5.41, 5.74) is -1.00. The van der Waals surface area contributed by atoms with E-state index in [9.17, 15) is 23.1 Å². The number of rotatable bonds is 8. The Morgan fingerprint density at radius 3 is 2.75 bits per heavy atom. The van der Waals surface area contributed by atoms with Gasteiger partial charge in [0.05, 0.1) is 0 Å².